The van der Waals surface area contributed by atoms with Gasteiger partial charge < -0.3 is 5.73 Å². The Labute approximate surface area is 95.0 Å². The lowest BCUT2D eigenvalue weighted by Crippen LogP contribution is -2.32. The minimum atomic E-state index is -0.335. The molecule has 0 fully saturated rings. The molecule has 0 saturated carbocycles. The number of amides is 1. The molecular weight excluding hydrogens is 207 g/mol. The Morgan fingerprint density at radius 2 is 2.19 bits per heavy atom. The minimum Gasteiger partial charge on any atom is -0.369 e. The number of halogens is 1. The van der Waals surface area contributed by atoms with E-state index in [0.29, 0.717) is 5.56 Å². The van der Waals surface area contributed by atoms with E-state index < -0.39 is 0 Å². The summed E-state index contributed by atoms with van der Waals surface area (Å²) >= 11 is 0. The smallest absolute Gasteiger partial charge is 0.231 e. The van der Waals surface area contributed by atoms with Crippen molar-refractivity contribution in [3.63, 3.8) is 0 Å². The molecule has 0 radical (unpaired) electrons. The number of nitrogens with two attached hydrogens (primary N) is 1. The molecule has 0 aliphatic heterocycles. The summed E-state index contributed by atoms with van der Waals surface area (Å²) < 4.78 is 13.0. The summed E-state index contributed by atoms with van der Waals surface area (Å²) in [4.78, 5) is 12.5. The van der Waals surface area contributed by atoms with Gasteiger partial charge in [0, 0.05) is 6.54 Å². The fourth-order valence-corrected chi connectivity index (χ4v) is 1.53. The van der Waals surface area contributed by atoms with Gasteiger partial charge >= 0.3 is 0 Å². The van der Waals surface area contributed by atoms with Gasteiger partial charge in [0.25, 0.3) is 0 Å². The van der Waals surface area contributed by atoms with Crippen molar-refractivity contribution in [1.82, 2.24) is 4.90 Å². The van der Waals surface area contributed by atoms with Crippen molar-refractivity contribution in [2.45, 2.75) is 13.3 Å². The van der Waals surface area contributed by atoms with Crippen LogP contribution in [0.1, 0.15) is 11.1 Å². The molecule has 4 heteroatoms. The monoisotopic (exact) mass is 224 g/mol. The van der Waals surface area contributed by atoms with Crippen molar-refractivity contribution in [3.05, 3.63) is 35.1 Å². The van der Waals surface area contributed by atoms with Crippen molar-refractivity contribution in [3.8, 4) is 0 Å². The molecule has 0 aliphatic rings. The van der Waals surface area contributed by atoms with Crippen LogP contribution in [0.5, 0.6) is 0 Å². The van der Waals surface area contributed by atoms with Crippen LogP contribution >= 0.6 is 0 Å². The number of nitrogens with zero attached hydrogens (tertiary/aromatic N) is 1. The highest BCUT2D eigenvalue weighted by Gasteiger charge is 2.04. The first kappa shape index (κ1) is 12.6. The molecule has 1 aromatic rings. The molecule has 0 bridgehead atoms. The quantitative estimate of drug-likeness (QED) is 0.814. The Balaban J connectivity index is 2.48. The molecule has 0 atom stereocenters. The van der Waals surface area contributed by atoms with Gasteiger partial charge in [0.15, 0.2) is 0 Å². The maximum Gasteiger partial charge on any atom is 0.231 e. The van der Waals surface area contributed by atoms with E-state index in [1.165, 1.54) is 6.07 Å². The maximum absolute atomic E-state index is 13.0. The van der Waals surface area contributed by atoms with Crippen molar-refractivity contribution in [1.29, 1.82) is 0 Å². The lowest BCUT2D eigenvalue weighted by Gasteiger charge is -2.14. The van der Waals surface area contributed by atoms with Crippen LogP contribution in [0.15, 0.2) is 18.2 Å². The zero-order chi connectivity index (χ0) is 12.1. The third-order valence-corrected chi connectivity index (χ3v) is 2.43. The molecule has 88 valence electrons. The summed E-state index contributed by atoms with van der Waals surface area (Å²) in [6.07, 6.45) is 0.783. The number of rotatable bonds is 5. The van der Waals surface area contributed by atoms with E-state index in [0.717, 1.165) is 18.5 Å². The van der Waals surface area contributed by atoms with Gasteiger partial charge in [-0.3, -0.25) is 9.69 Å². The molecular formula is C12H17FN2O. The van der Waals surface area contributed by atoms with Gasteiger partial charge in [-0.15, -0.1) is 0 Å². The lowest BCUT2D eigenvalue weighted by molar-refractivity contribution is -0.118. The fraction of sp³-hybridized carbons (Fsp3) is 0.417. The Morgan fingerprint density at radius 1 is 1.50 bits per heavy atom. The van der Waals surface area contributed by atoms with Crippen molar-refractivity contribution >= 4 is 5.91 Å². The molecule has 16 heavy (non-hydrogen) atoms. The predicted molar refractivity (Wildman–Crippen MR) is 61.5 cm³/mol. The largest absolute Gasteiger partial charge is 0.369 e. The first-order valence-corrected chi connectivity index (χ1v) is 5.21. The normalized spacial score (nSPS) is 10.8. The molecule has 3 nitrogen and oxygen atoms in total. The molecule has 1 rings (SSSR count). The van der Waals surface area contributed by atoms with Gasteiger partial charge in [0.2, 0.25) is 5.91 Å². The first-order chi connectivity index (χ1) is 7.49. The van der Waals surface area contributed by atoms with E-state index in [1.807, 2.05) is 18.0 Å². The van der Waals surface area contributed by atoms with E-state index in [-0.39, 0.29) is 18.3 Å². The van der Waals surface area contributed by atoms with Crippen LogP contribution in [0.4, 0.5) is 4.39 Å². The van der Waals surface area contributed by atoms with E-state index in [2.05, 4.69) is 0 Å². The van der Waals surface area contributed by atoms with Gasteiger partial charge in [-0.2, -0.15) is 0 Å². The summed E-state index contributed by atoms with van der Waals surface area (Å²) in [5, 5.41) is 0. The van der Waals surface area contributed by atoms with Gasteiger partial charge in [-0.25, -0.2) is 4.39 Å². The van der Waals surface area contributed by atoms with Gasteiger partial charge in [0.1, 0.15) is 5.82 Å². The number of primary amides is 1. The second-order valence-corrected chi connectivity index (χ2v) is 4.04. The Bertz CT molecular complexity index is 379. The number of benzene rings is 1. The van der Waals surface area contributed by atoms with Crippen molar-refractivity contribution in [2.24, 2.45) is 5.73 Å². The van der Waals surface area contributed by atoms with Crippen LogP contribution < -0.4 is 5.73 Å². The number of hydrogen-bond donors (Lipinski definition) is 1. The molecule has 0 unspecified atom stereocenters. The third kappa shape index (κ3) is 3.98. The fourth-order valence-electron chi connectivity index (χ4n) is 1.53. The number of carbonyl (C=O) groups is 1. The average molecular weight is 224 g/mol. The molecule has 0 aromatic heterocycles. The number of carbonyl (C=O) groups excluding carboxylic acids is 1. The minimum absolute atomic E-state index is 0.186. The van der Waals surface area contributed by atoms with Crippen LogP contribution in [0, 0.1) is 12.7 Å². The average Bonchev–Trinajstić information content (AvgIpc) is 2.19. The molecule has 1 aromatic carbocycles. The van der Waals surface area contributed by atoms with Gasteiger partial charge in [-0.1, -0.05) is 12.1 Å². The zero-order valence-corrected chi connectivity index (χ0v) is 9.66. The zero-order valence-electron chi connectivity index (χ0n) is 9.66. The van der Waals surface area contributed by atoms with Crippen LogP contribution in [-0.2, 0) is 11.2 Å². The predicted octanol–water partition coefficient (Wildman–Crippen LogP) is 1.09. The van der Waals surface area contributed by atoms with E-state index in [9.17, 15) is 9.18 Å². The second-order valence-electron chi connectivity index (χ2n) is 4.04. The highest BCUT2D eigenvalue weighted by atomic mass is 19.1. The highest BCUT2D eigenvalue weighted by molar-refractivity contribution is 5.75. The Hall–Kier alpha value is -1.42. The van der Waals surface area contributed by atoms with E-state index in [1.54, 1.807) is 13.0 Å². The van der Waals surface area contributed by atoms with Crippen molar-refractivity contribution in [2.75, 3.05) is 20.1 Å². The molecule has 0 aliphatic carbocycles. The second kappa shape index (κ2) is 5.61. The maximum atomic E-state index is 13.0. The number of aryl methyl sites for hydroxylation is 1. The lowest BCUT2D eigenvalue weighted by atomic mass is 10.1. The summed E-state index contributed by atoms with van der Waals surface area (Å²) in [5.41, 5.74) is 6.79. The summed E-state index contributed by atoms with van der Waals surface area (Å²) in [5.74, 6) is -0.521. The summed E-state index contributed by atoms with van der Waals surface area (Å²) in [6.45, 7) is 2.72. The van der Waals surface area contributed by atoms with E-state index >= 15 is 0 Å². The van der Waals surface area contributed by atoms with Crippen LogP contribution in [0.25, 0.3) is 0 Å². The Kier molecular flexibility index (Phi) is 4.43. The van der Waals surface area contributed by atoms with Crippen LogP contribution in [0.3, 0.4) is 0 Å². The summed E-state index contributed by atoms with van der Waals surface area (Å²) in [7, 11) is 1.83. The SMILES string of the molecule is Cc1cc(CCN(C)CC(N)=O)ccc1F. The third-order valence-electron chi connectivity index (χ3n) is 2.43. The van der Waals surface area contributed by atoms with Gasteiger partial charge in [0.05, 0.1) is 6.54 Å². The van der Waals surface area contributed by atoms with Crippen LogP contribution in [0.2, 0.25) is 0 Å². The first-order valence-electron chi connectivity index (χ1n) is 5.21. The van der Waals surface area contributed by atoms with E-state index in [4.69, 9.17) is 5.73 Å². The molecule has 2 N–H and O–H groups in total. The number of likely N-dealkylation sites (N-methyl/N-ethyl adjacent to an activating group) is 1. The summed E-state index contributed by atoms with van der Waals surface area (Å²) in [6, 6.07) is 5.06. The molecule has 0 saturated heterocycles. The van der Waals surface area contributed by atoms with Crippen molar-refractivity contribution < 1.29 is 9.18 Å². The molecule has 0 heterocycles. The van der Waals surface area contributed by atoms with Crippen LogP contribution in [-0.4, -0.2) is 30.9 Å². The topological polar surface area (TPSA) is 46.3 Å². The molecule has 1 amide bonds. The Morgan fingerprint density at radius 3 is 2.75 bits per heavy atom. The van der Waals surface area contributed by atoms with Gasteiger partial charge in [-0.05, 0) is 37.6 Å². The standard InChI is InChI=1S/C12H17FN2O/c1-9-7-10(3-4-11(9)13)5-6-15(2)8-12(14)16/h3-4,7H,5-6,8H2,1-2H3,(H2,14,16). The molecule has 0 spiro atoms. The highest BCUT2D eigenvalue weighted by Crippen LogP contribution is 2.09. The number of hydrogen-bond acceptors (Lipinski definition) is 2.